The smallest absolute Gasteiger partial charge is 0.257 e. The van der Waals surface area contributed by atoms with Crippen LogP contribution in [0, 0.1) is 0 Å². The number of carbonyl (C=O) groups is 2. The molecule has 1 aliphatic carbocycles. The van der Waals surface area contributed by atoms with Gasteiger partial charge in [0.25, 0.3) is 5.91 Å². The second-order valence-electron chi connectivity index (χ2n) is 7.74. The molecule has 0 spiro atoms. The average Bonchev–Trinajstić information content (AvgIpc) is 3.18. The van der Waals surface area contributed by atoms with Crippen LogP contribution in [0.15, 0.2) is 6.20 Å². The molecule has 1 aromatic heterocycles. The number of carbonyl (C=O) groups excluding carboxylic acids is 2. The van der Waals surface area contributed by atoms with Crippen molar-refractivity contribution in [2.75, 3.05) is 26.3 Å². The first-order valence-corrected chi connectivity index (χ1v) is 10.3. The zero-order valence-corrected chi connectivity index (χ0v) is 16.7. The van der Waals surface area contributed by atoms with E-state index in [2.05, 4.69) is 10.2 Å². The zero-order chi connectivity index (χ0) is 19.4. The van der Waals surface area contributed by atoms with Crippen LogP contribution in [0.4, 0.5) is 0 Å². The molecule has 3 rings (SSSR count). The van der Waals surface area contributed by atoms with Gasteiger partial charge in [-0.3, -0.25) is 14.7 Å². The minimum Gasteiger partial charge on any atom is -0.372 e. The van der Waals surface area contributed by atoms with E-state index < -0.39 is 0 Å². The molecule has 7 nitrogen and oxygen atoms in total. The summed E-state index contributed by atoms with van der Waals surface area (Å²) >= 11 is 0. The quantitative estimate of drug-likeness (QED) is 0.857. The molecular weight excluding hydrogens is 344 g/mol. The summed E-state index contributed by atoms with van der Waals surface area (Å²) in [6.45, 7) is 7.62. The van der Waals surface area contributed by atoms with Crippen molar-refractivity contribution in [3.05, 3.63) is 17.5 Å². The van der Waals surface area contributed by atoms with Gasteiger partial charge in [-0.1, -0.05) is 19.3 Å². The summed E-state index contributed by atoms with van der Waals surface area (Å²) in [6, 6.07) is -0.0911. The van der Waals surface area contributed by atoms with Gasteiger partial charge in [0.15, 0.2) is 0 Å². The van der Waals surface area contributed by atoms with E-state index in [1.165, 1.54) is 19.3 Å². The van der Waals surface area contributed by atoms with Gasteiger partial charge in [-0.05, 0) is 33.6 Å². The Labute approximate surface area is 161 Å². The number of aromatic amines is 1. The normalized spacial score (nSPS) is 24.3. The van der Waals surface area contributed by atoms with Gasteiger partial charge in [-0.15, -0.1) is 0 Å². The minimum absolute atomic E-state index is 0.00509. The summed E-state index contributed by atoms with van der Waals surface area (Å²) < 4.78 is 5.26. The number of H-pyrrole nitrogens is 1. The minimum atomic E-state index is -0.0501. The molecule has 7 heteroatoms. The van der Waals surface area contributed by atoms with E-state index in [-0.39, 0.29) is 30.5 Å². The fraction of sp³-hybridized carbons (Fsp3) is 0.750. The molecule has 27 heavy (non-hydrogen) atoms. The highest BCUT2D eigenvalue weighted by Crippen LogP contribution is 2.34. The monoisotopic (exact) mass is 376 g/mol. The fourth-order valence-electron chi connectivity index (χ4n) is 4.38. The summed E-state index contributed by atoms with van der Waals surface area (Å²) in [5.41, 5.74) is 1.70. The molecule has 0 bridgehead atoms. The Morgan fingerprint density at radius 2 is 1.81 bits per heavy atom. The van der Waals surface area contributed by atoms with Gasteiger partial charge in [0.05, 0.1) is 17.5 Å². The van der Waals surface area contributed by atoms with E-state index in [0.29, 0.717) is 31.2 Å². The first-order valence-electron chi connectivity index (χ1n) is 10.3. The van der Waals surface area contributed by atoms with Crippen LogP contribution in [0.1, 0.15) is 74.8 Å². The molecule has 2 amide bonds. The van der Waals surface area contributed by atoms with Crippen molar-refractivity contribution in [3.8, 4) is 0 Å². The lowest BCUT2D eigenvalue weighted by Gasteiger charge is -2.45. The summed E-state index contributed by atoms with van der Waals surface area (Å²) in [6.07, 6.45) is 7.62. The topological polar surface area (TPSA) is 78.5 Å². The molecule has 0 radical (unpaired) electrons. The number of amides is 2. The average molecular weight is 377 g/mol. The van der Waals surface area contributed by atoms with E-state index >= 15 is 0 Å². The number of ether oxygens (including phenoxy) is 1. The largest absolute Gasteiger partial charge is 0.372 e. The predicted octanol–water partition coefficient (Wildman–Crippen LogP) is 2.56. The van der Waals surface area contributed by atoms with Gasteiger partial charge in [-0.2, -0.15) is 5.10 Å². The number of hydrogen-bond acceptors (Lipinski definition) is 4. The lowest BCUT2D eigenvalue weighted by Crippen LogP contribution is -2.60. The standard InChI is InChI=1S/C20H32N4O3/c1-4-27-13-18(25)23-10-11-24(15(3)14(23)2)20(26)17-12-21-22-19(17)16-8-6-5-7-9-16/h12,14-16H,4-11,13H2,1-3H3,(H,21,22)/t14-,15-/m1/s1. The molecular formula is C20H32N4O3. The first-order chi connectivity index (χ1) is 13.0. The summed E-state index contributed by atoms with van der Waals surface area (Å²) in [7, 11) is 0. The maximum absolute atomic E-state index is 13.3. The number of aromatic nitrogens is 2. The third kappa shape index (κ3) is 4.18. The van der Waals surface area contributed by atoms with Crippen LogP contribution in [-0.2, 0) is 9.53 Å². The fourth-order valence-corrected chi connectivity index (χ4v) is 4.38. The summed E-state index contributed by atoms with van der Waals surface area (Å²) in [5, 5.41) is 7.27. The Morgan fingerprint density at radius 3 is 2.52 bits per heavy atom. The SMILES string of the molecule is CCOCC(=O)N1CCN(C(=O)c2cn[nH]c2C2CCCCC2)[C@H](C)[C@H]1C. The lowest BCUT2D eigenvalue weighted by molar-refractivity contribution is -0.141. The van der Waals surface area contributed by atoms with Crippen molar-refractivity contribution in [1.29, 1.82) is 0 Å². The number of piperazine rings is 1. The third-order valence-electron chi connectivity index (χ3n) is 6.19. The Morgan fingerprint density at radius 1 is 1.15 bits per heavy atom. The van der Waals surface area contributed by atoms with E-state index in [4.69, 9.17) is 4.74 Å². The highest BCUT2D eigenvalue weighted by molar-refractivity contribution is 5.95. The maximum atomic E-state index is 13.3. The molecule has 0 unspecified atom stereocenters. The van der Waals surface area contributed by atoms with Gasteiger partial charge in [-0.25, -0.2) is 0 Å². The predicted molar refractivity (Wildman–Crippen MR) is 103 cm³/mol. The molecule has 2 atom stereocenters. The van der Waals surface area contributed by atoms with Crippen LogP contribution in [0.5, 0.6) is 0 Å². The van der Waals surface area contributed by atoms with Crippen LogP contribution in [-0.4, -0.2) is 70.2 Å². The highest BCUT2D eigenvalue weighted by Gasteiger charge is 2.37. The van der Waals surface area contributed by atoms with Gasteiger partial charge >= 0.3 is 0 Å². The number of rotatable bonds is 5. The molecule has 1 N–H and O–H groups in total. The van der Waals surface area contributed by atoms with E-state index in [1.54, 1.807) is 6.20 Å². The molecule has 150 valence electrons. The van der Waals surface area contributed by atoms with Crippen LogP contribution in [0.3, 0.4) is 0 Å². The second kappa shape index (κ2) is 8.87. The Bertz CT molecular complexity index is 653. The van der Waals surface area contributed by atoms with Crippen molar-refractivity contribution in [2.45, 2.75) is 70.9 Å². The van der Waals surface area contributed by atoms with Crippen molar-refractivity contribution in [2.24, 2.45) is 0 Å². The Kier molecular flexibility index (Phi) is 6.52. The number of nitrogens with zero attached hydrogens (tertiary/aromatic N) is 3. The van der Waals surface area contributed by atoms with E-state index in [0.717, 1.165) is 18.5 Å². The lowest BCUT2D eigenvalue weighted by atomic mass is 9.85. The summed E-state index contributed by atoms with van der Waals surface area (Å²) in [5.74, 6) is 0.428. The molecule has 2 heterocycles. The zero-order valence-electron chi connectivity index (χ0n) is 16.7. The molecule has 2 aliphatic rings. The van der Waals surface area contributed by atoms with Gasteiger partial charge in [0.1, 0.15) is 6.61 Å². The molecule has 1 aliphatic heterocycles. The van der Waals surface area contributed by atoms with Crippen LogP contribution in [0.2, 0.25) is 0 Å². The molecule has 0 aromatic carbocycles. The Balaban J connectivity index is 1.70. The summed E-state index contributed by atoms with van der Waals surface area (Å²) in [4.78, 5) is 29.4. The number of nitrogens with one attached hydrogen (secondary N) is 1. The molecule has 1 saturated carbocycles. The number of hydrogen-bond donors (Lipinski definition) is 1. The van der Waals surface area contributed by atoms with Gasteiger partial charge in [0.2, 0.25) is 5.91 Å². The van der Waals surface area contributed by atoms with E-state index in [9.17, 15) is 9.59 Å². The molecule has 1 aromatic rings. The second-order valence-corrected chi connectivity index (χ2v) is 7.74. The van der Waals surface area contributed by atoms with Crippen LogP contribution < -0.4 is 0 Å². The van der Waals surface area contributed by atoms with Crippen LogP contribution in [0.25, 0.3) is 0 Å². The molecule has 1 saturated heterocycles. The van der Waals surface area contributed by atoms with Crippen molar-refractivity contribution in [1.82, 2.24) is 20.0 Å². The Hall–Kier alpha value is -1.89. The van der Waals surface area contributed by atoms with Gasteiger partial charge < -0.3 is 14.5 Å². The van der Waals surface area contributed by atoms with Crippen LogP contribution >= 0.6 is 0 Å². The van der Waals surface area contributed by atoms with Gasteiger partial charge in [0, 0.05) is 37.7 Å². The highest BCUT2D eigenvalue weighted by atomic mass is 16.5. The first kappa shape index (κ1) is 19.9. The van der Waals surface area contributed by atoms with Crippen molar-refractivity contribution >= 4 is 11.8 Å². The van der Waals surface area contributed by atoms with E-state index in [1.807, 2.05) is 30.6 Å². The maximum Gasteiger partial charge on any atom is 0.257 e. The molecule has 2 fully saturated rings. The third-order valence-corrected chi connectivity index (χ3v) is 6.19. The van der Waals surface area contributed by atoms with Crippen molar-refractivity contribution < 1.29 is 14.3 Å². The van der Waals surface area contributed by atoms with Crippen molar-refractivity contribution in [3.63, 3.8) is 0 Å².